The van der Waals surface area contributed by atoms with Gasteiger partial charge in [0.05, 0.1) is 6.42 Å². The number of hydrogen-bond acceptors (Lipinski definition) is 2. The van der Waals surface area contributed by atoms with Crippen molar-refractivity contribution in [2.75, 3.05) is 5.32 Å². The molecule has 1 aliphatic rings. The van der Waals surface area contributed by atoms with Gasteiger partial charge in [-0.05, 0) is 47.4 Å². The fourth-order valence-electron chi connectivity index (χ4n) is 4.08. The summed E-state index contributed by atoms with van der Waals surface area (Å²) in [6, 6.07) is 21.5. The average molecular weight is 386 g/mol. The molecule has 0 unspecified atom stereocenters. The van der Waals surface area contributed by atoms with Gasteiger partial charge in [0.2, 0.25) is 5.91 Å². The molecule has 4 heteroatoms. The van der Waals surface area contributed by atoms with Crippen LogP contribution in [0.5, 0.6) is 0 Å². The van der Waals surface area contributed by atoms with Gasteiger partial charge < -0.3 is 10.6 Å². The average Bonchev–Trinajstić information content (AvgIpc) is 2.75. The molecule has 1 fully saturated rings. The molecule has 1 aliphatic carbocycles. The number of benzene rings is 3. The van der Waals surface area contributed by atoms with Crippen molar-refractivity contribution < 1.29 is 9.59 Å². The van der Waals surface area contributed by atoms with Crippen LogP contribution < -0.4 is 10.6 Å². The topological polar surface area (TPSA) is 58.2 Å². The van der Waals surface area contributed by atoms with Crippen LogP contribution in [-0.4, -0.2) is 17.9 Å². The van der Waals surface area contributed by atoms with E-state index in [9.17, 15) is 9.59 Å². The summed E-state index contributed by atoms with van der Waals surface area (Å²) >= 11 is 0. The molecule has 0 radical (unpaired) electrons. The maximum Gasteiger partial charge on any atom is 0.251 e. The zero-order valence-electron chi connectivity index (χ0n) is 16.5. The summed E-state index contributed by atoms with van der Waals surface area (Å²) in [6.07, 6.45) is 6.00. The first-order valence-electron chi connectivity index (χ1n) is 10.4. The number of nitrogens with one attached hydrogen (secondary N) is 2. The summed E-state index contributed by atoms with van der Waals surface area (Å²) in [5, 5.41) is 8.27. The Hall–Kier alpha value is -3.14. The molecule has 0 aliphatic heterocycles. The van der Waals surface area contributed by atoms with Crippen LogP contribution in [0, 0.1) is 0 Å². The van der Waals surface area contributed by atoms with E-state index in [1.807, 2.05) is 54.6 Å². The summed E-state index contributed by atoms with van der Waals surface area (Å²) in [6.45, 7) is 0. The third-order valence-electron chi connectivity index (χ3n) is 5.58. The minimum Gasteiger partial charge on any atom is -0.349 e. The Morgan fingerprint density at radius 3 is 2.48 bits per heavy atom. The first-order valence-corrected chi connectivity index (χ1v) is 10.4. The van der Waals surface area contributed by atoms with Gasteiger partial charge in [0, 0.05) is 17.3 Å². The molecule has 0 atom stereocenters. The molecule has 3 aromatic carbocycles. The number of carbonyl (C=O) groups is 2. The molecule has 1 saturated carbocycles. The monoisotopic (exact) mass is 386 g/mol. The Morgan fingerprint density at radius 2 is 1.62 bits per heavy atom. The number of amides is 2. The van der Waals surface area contributed by atoms with Gasteiger partial charge in [0.1, 0.15) is 0 Å². The second kappa shape index (κ2) is 8.91. The lowest BCUT2D eigenvalue weighted by Gasteiger charge is -2.22. The van der Waals surface area contributed by atoms with Crippen LogP contribution in [0.1, 0.15) is 48.0 Å². The van der Waals surface area contributed by atoms with Crippen LogP contribution >= 0.6 is 0 Å². The molecule has 4 nitrogen and oxygen atoms in total. The Morgan fingerprint density at radius 1 is 0.862 bits per heavy atom. The van der Waals surface area contributed by atoms with Crippen LogP contribution in [0.15, 0.2) is 66.7 Å². The Bertz CT molecular complexity index is 1020. The molecule has 0 saturated heterocycles. The zero-order valence-corrected chi connectivity index (χ0v) is 16.5. The highest BCUT2D eigenvalue weighted by atomic mass is 16.2. The molecule has 0 bridgehead atoms. The Labute approximate surface area is 171 Å². The fraction of sp³-hybridized carbons (Fsp3) is 0.280. The zero-order chi connectivity index (χ0) is 20.1. The van der Waals surface area contributed by atoms with Crippen molar-refractivity contribution in [3.63, 3.8) is 0 Å². The number of carbonyl (C=O) groups excluding carboxylic acids is 2. The van der Waals surface area contributed by atoms with Crippen molar-refractivity contribution in [1.82, 2.24) is 5.32 Å². The molecule has 2 N–H and O–H groups in total. The Kier molecular flexibility index (Phi) is 5.89. The Balaban J connectivity index is 1.42. The van der Waals surface area contributed by atoms with Crippen LogP contribution in [0.25, 0.3) is 10.8 Å². The minimum absolute atomic E-state index is 0.0675. The van der Waals surface area contributed by atoms with Gasteiger partial charge in [-0.25, -0.2) is 0 Å². The van der Waals surface area contributed by atoms with Gasteiger partial charge in [0.25, 0.3) is 5.91 Å². The summed E-state index contributed by atoms with van der Waals surface area (Å²) in [4.78, 5) is 25.2. The fourth-order valence-corrected chi connectivity index (χ4v) is 4.08. The normalized spacial score (nSPS) is 14.5. The SMILES string of the molecule is O=C(Cc1cccc2ccccc12)Nc1cccc(C(=O)NC2CCCCC2)c1. The lowest BCUT2D eigenvalue weighted by atomic mass is 9.95. The van der Waals surface area contributed by atoms with E-state index in [2.05, 4.69) is 10.6 Å². The minimum atomic E-state index is -0.0915. The third-order valence-corrected chi connectivity index (χ3v) is 5.58. The molecule has 29 heavy (non-hydrogen) atoms. The second-order valence-corrected chi connectivity index (χ2v) is 7.75. The van der Waals surface area contributed by atoms with E-state index in [0.29, 0.717) is 17.7 Å². The molecule has 2 amide bonds. The van der Waals surface area contributed by atoms with Gasteiger partial charge in [0.15, 0.2) is 0 Å². The number of fused-ring (bicyclic) bond motifs is 1. The summed E-state index contributed by atoms with van der Waals surface area (Å²) in [5.74, 6) is -0.159. The highest BCUT2D eigenvalue weighted by Crippen LogP contribution is 2.20. The van der Waals surface area contributed by atoms with E-state index in [1.54, 1.807) is 12.1 Å². The number of hydrogen-bond donors (Lipinski definition) is 2. The molecule has 0 spiro atoms. The van der Waals surface area contributed by atoms with Crippen molar-refractivity contribution in [2.45, 2.75) is 44.6 Å². The molecule has 3 aromatic rings. The second-order valence-electron chi connectivity index (χ2n) is 7.75. The van der Waals surface area contributed by atoms with Crippen molar-refractivity contribution in [3.05, 3.63) is 77.9 Å². The molecular formula is C25H26N2O2. The van der Waals surface area contributed by atoms with Crippen LogP contribution in [0.3, 0.4) is 0 Å². The van der Waals surface area contributed by atoms with Crippen molar-refractivity contribution in [3.8, 4) is 0 Å². The first-order chi connectivity index (χ1) is 14.2. The van der Waals surface area contributed by atoms with Crippen molar-refractivity contribution >= 4 is 28.3 Å². The van der Waals surface area contributed by atoms with Crippen LogP contribution in [-0.2, 0) is 11.2 Å². The lowest BCUT2D eigenvalue weighted by molar-refractivity contribution is -0.115. The summed E-state index contributed by atoms with van der Waals surface area (Å²) in [7, 11) is 0. The van der Waals surface area contributed by atoms with Gasteiger partial charge in [-0.3, -0.25) is 9.59 Å². The molecule has 148 valence electrons. The lowest BCUT2D eigenvalue weighted by Crippen LogP contribution is -2.36. The molecular weight excluding hydrogens is 360 g/mol. The van der Waals surface area contributed by atoms with Crippen molar-refractivity contribution in [2.24, 2.45) is 0 Å². The highest BCUT2D eigenvalue weighted by molar-refractivity contribution is 5.99. The van der Waals surface area contributed by atoms with Crippen LogP contribution in [0.2, 0.25) is 0 Å². The smallest absolute Gasteiger partial charge is 0.251 e. The molecule has 0 aromatic heterocycles. The van der Waals surface area contributed by atoms with Crippen molar-refractivity contribution in [1.29, 1.82) is 0 Å². The molecule has 0 heterocycles. The molecule has 4 rings (SSSR count). The van der Waals surface area contributed by atoms with E-state index in [-0.39, 0.29) is 17.9 Å². The number of rotatable bonds is 5. The van der Waals surface area contributed by atoms with E-state index in [4.69, 9.17) is 0 Å². The van der Waals surface area contributed by atoms with E-state index in [1.165, 1.54) is 19.3 Å². The first kappa shape index (κ1) is 19.2. The van der Waals surface area contributed by atoms with Gasteiger partial charge >= 0.3 is 0 Å². The quantitative estimate of drug-likeness (QED) is 0.642. The standard InChI is InChI=1S/C25H26N2O2/c28-24(17-19-10-6-9-18-8-4-5-15-23(18)19)26-22-14-7-11-20(16-22)25(29)27-21-12-2-1-3-13-21/h4-11,14-16,21H,1-3,12-13,17H2,(H,26,28)(H,27,29). The summed E-state index contributed by atoms with van der Waals surface area (Å²) < 4.78 is 0. The predicted octanol–water partition coefficient (Wildman–Crippen LogP) is 5.08. The van der Waals surface area contributed by atoms with E-state index < -0.39 is 0 Å². The highest BCUT2D eigenvalue weighted by Gasteiger charge is 2.17. The maximum absolute atomic E-state index is 12.6. The third kappa shape index (κ3) is 4.83. The predicted molar refractivity (Wildman–Crippen MR) is 117 cm³/mol. The largest absolute Gasteiger partial charge is 0.349 e. The van der Waals surface area contributed by atoms with E-state index in [0.717, 1.165) is 29.2 Å². The van der Waals surface area contributed by atoms with Gasteiger partial charge in [-0.1, -0.05) is 67.8 Å². The van der Waals surface area contributed by atoms with E-state index >= 15 is 0 Å². The maximum atomic E-state index is 12.6. The van der Waals surface area contributed by atoms with Crippen LogP contribution in [0.4, 0.5) is 5.69 Å². The van der Waals surface area contributed by atoms with Gasteiger partial charge in [-0.15, -0.1) is 0 Å². The van der Waals surface area contributed by atoms with Gasteiger partial charge in [-0.2, -0.15) is 0 Å². The summed E-state index contributed by atoms with van der Waals surface area (Å²) in [5.41, 5.74) is 2.22. The number of anilines is 1.